The van der Waals surface area contributed by atoms with Crippen molar-refractivity contribution in [2.24, 2.45) is 0 Å². The average molecular weight is 192 g/mol. The lowest BCUT2D eigenvalue weighted by atomic mass is 10.4. The molecule has 1 aromatic rings. The van der Waals surface area contributed by atoms with Gasteiger partial charge in [-0.05, 0) is 6.42 Å². The van der Waals surface area contributed by atoms with Crippen molar-refractivity contribution in [2.45, 2.75) is 13.3 Å². The zero-order valence-electron chi connectivity index (χ0n) is 8.48. The second-order valence-electron chi connectivity index (χ2n) is 3.03. The number of nitrogens with two attached hydrogens (primary N) is 1. The molecule has 1 rings (SSSR count). The van der Waals surface area contributed by atoms with Crippen LogP contribution in [0, 0.1) is 0 Å². The normalized spacial score (nSPS) is 9.79. The largest absolute Gasteiger partial charge is 0.382 e. The molecule has 0 saturated carbocycles. The van der Waals surface area contributed by atoms with Crippen LogP contribution >= 0.6 is 0 Å². The predicted molar refractivity (Wildman–Crippen MR) is 59.1 cm³/mol. The molecular weight excluding hydrogens is 176 g/mol. The van der Waals surface area contributed by atoms with Gasteiger partial charge in [0, 0.05) is 13.1 Å². The standard InChI is InChI=1S/C10H16N4/c1-3-5-14(6-4-2)10-8-12-9(11)7-13-10/h3,7-8H,1,4-6H2,2H3,(H2,11,12). The fraction of sp³-hybridized carbons (Fsp3) is 0.400. The lowest BCUT2D eigenvalue weighted by molar-refractivity contribution is 0.799. The first-order chi connectivity index (χ1) is 6.77. The van der Waals surface area contributed by atoms with E-state index < -0.39 is 0 Å². The first-order valence-electron chi connectivity index (χ1n) is 4.71. The molecule has 4 nitrogen and oxygen atoms in total. The van der Waals surface area contributed by atoms with Gasteiger partial charge in [-0.2, -0.15) is 0 Å². The van der Waals surface area contributed by atoms with Crippen LogP contribution in [0.5, 0.6) is 0 Å². The smallest absolute Gasteiger partial charge is 0.147 e. The van der Waals surface area contributed by atoms with E-state index in [9.17, 15) is 0 Å². The molecule has 0 unspecified atom stereocenters. The number of nitrogen functional groups attached to an aromatic ring is 1. The summed E-state index contributed by atoms with van der Waals surface area (Å²) >= 11 is 0. The van der Waals surface area contributed by atoms with E-state index in [2.05, 4.69) is 28.4 Å². The van der Waals surface area contributed by atoms with Crippen LogP contribution in [0.4, 0.5) is 11.6 Å². The van der Waals surface area contributed by atoms with E-state index >= 15 is 0 Å². The van der Waals surface area contributed by atoms with Crippen molar-refractivity contribution in [2.75, 3.05) is 23.7 Å². The van der Waals surface area contributed by atoms with Crippen molar-refractivity contribution < 1.29 is 0 Å². The maximum Gasteiger partial charge on any atom is 0.147 e. The van der Waals surface area contributed by atoms with Crippen molar-refractivity contribution in [3.63, 3.8) is 0 Å². The number of rotatable bonds is 5. The highest BCUT2D eigenvalue weighted by Crippen LogP contribution is 2.09. The predicted octanol–water partition coefficient (Wildman–Crippen LogP) is 1.46. The molecule has 0 aliphatic rings. The van der Waals surface area contributed by atoms with Gasteiger partial charge in [-0.1, -0.05) is 13.0 Å². The highest BCUT2D eigenvalue weighted by molar-refractivity contribution is 5.39. The van der Waals surface area contributed by atoms with Crippen molar-refractivity contribution in [3.05, 3.63) is 25.0 Å². The summed E-state index contributed by atoms with van der Waals surface area (Å²) in [6, 6.07) is 0. The molecule has 14 heavy (non-hydrogen) atoms. The summed E-state index contributed by atoms with van der Waals surface area (Å²) < 4.78 is 0. The zero-order valence-corrected chi connectivity index (χ0v) is 8.48. The van der Waals surface area contributed by atoms with E-state index in [0.29, 0.717) is 5.82 Å². The summed E-state index contributed by atoms with van der Waals surface area (Å²) in [7, 11) is 0. The summed E-state index contributed by atoms with van der Waals surface area (Å²) in [5.74, 6) is 1.30. The lowest BCUT2D eigenvalue weighted by Gasteiger charge is -2.20. The van der Waals surface area contributed by atoms with Crippen LogP contribution in [-0.4, -0.2) is 23.1 Å². The molecule has 0 atom stereocenters. The van der Waals surface area contributed by atoms with Gasteiger partial charge in [0.05, 0.1) is 12.4 Å². The summed E-state index contributed by atoms with van der Waals surface area (Å²) in [6.45, 7) is 7.57. The first-order valence-corrected chi connectivity index (χ1v) is 4.71. The Morgan fingerprint density at radius 1 is 1.50 bits per heavy atom. The molecule has 1 heterocycles. The number of hydrogen-bond donors (Lipinski definition) is 1. The van der Waals surface area contributed by atoms with Crippen LogP contribution < -0.4 is 10.6 Å². The Balaban J connectivity index is 2.76. The zero-order chi connectivity index (χ0) is 10.4. The highest BCUT2D eigenvalue weighted by atomic mass is 15.2. The summed E-state index contributed by atoms with van der Waals surface area (Å²) in [6.07, 6.45) is 6.18. The Kier molecular flexibility index (Phi) is 3.91. The minimum absolute atomic E-state index is 0.448. The van der Waals surface area contributed by atoms with Gasteiger partial charge >= 0.3 is 0 Å². The van der Waals surface area contributed by atoms with Crippen molar-refractivity contribution in [3.8, 4) is 0 Å². The number of nitrogens with zero attached hydrogens (tertiary/aromatic N) is 3. The summed E-state index contributed by atoms with van der Waals surface area (Å²) in [4.78, 5) is 10.3. The molecule has 0 amide bonds. The van der Waals surface area contributed by atoms with E-state index in [0.717, 1.165) is 25.3 Å². The van der Waals surface area contributed by atoms with Gasteiger partial charge in [-0.15, -0.1) is 6.58 Å². The fourth-order valence-corrected chi connectivity index (χ4v) is 1.22. The Labute approximate surface area is 84.5 Å². The second kappa shape index (κ2) is 5.21. The van der Waals surface area contributed by atoms with Gasteiger partial charge in [0.2, 0.25) is 0 Å². The second-order valence-corrected chi connectivity index (χ2v) is 3.03. The van der Waals surface area contributed by atoms with Crippen molar-refractivity contribution in [1.82, 2.24) is 9.97 Å². The number of anilines is 2. The van der Waals surface area contributed by atoms with Crippen molar-refractivity contribution in [1.29, 1.82) is 0 Å². The monoisotopic (exact) mass is 192 g/mol. The maximum atomic E-state index is 5.46. The summed E-state index contributed by atoms with van der Waals surface area (Å²) in [5.41, 5.74) is 5.46. The van der Waals surface area contributed by atoms with E-state index in [4.69, 9.17) is 5.73 Å². The molecule has 1 aromatic heterocycles. The van der Waals surface area contributed by atoms with E-state index in [1.54, 1.807) is 12.4 Å². The molecule has 0 bridgehead atoms. The third-order valence-corrected chi connectivity index (χ3v) is 1.83. The lowest BCUT2D eigenvalue weighted by Crippen LogP contribution is -2.25. The highest BCUT2D eigenvalue weighted by Gasteiger charge is 2.04. The van der Waals surface area contributed by atoms with Gasteiger partial charge in [-0.3, -0.25) is 0 Å². The molecule has 0 spiro atoms. The topological polar surface area (TPSA) is 55.0 Å². The molecule has 2 N–H and O–H groups in total. The minimum Gasteiger partial charge on any atom is -0.382 e. The average Bonchev–Trinajstić information content (AvgIpc) is 2.19. The van der Waals surface area contributed by atoms with E-state index in [-0.39, 0.29) is 0 Å². The third-order valence-electron chi connectivity index (χ3n) is 1.83. The quantitative estimate of drug-likeness (QED) is 0.718. The molecule has 0 aliphatic carbocycles. The first kappa shape index (κ1) is 10.5. The van der Waals surface area contributed by atoms with Gasteiger partial charge < -0.3 is 10.6 Å². The molecule has 0 aliphatic heterocycles. The molecule has 0 radical (unpaired) electrons. The van der Waals surface area contributed by atoms with E-state index in [1.165, 1.54) is 0 Å². The molecule has 4 heteroatoms. The van der Waals surface area contributed by atoms with Gasteiger partial charge in [-0.25, -0.2) is 9.97 Å². The van der Waals surface area contributed by atoms with Crippen LogP contribution in [0.25, 0.3) is 0 Å². The van der Waals surface area contributed by atoms with Crippen LogP contribution in [0.2, 0.25) is 0 Å². The Hall–Kier alpha value is -1.58. The molecule has 0 aromatic carbocycles. The third kappa shape index (κ3) is 2.73. The van der Waals surface area contributed by atoms with Crippen LogP contribution in [0.3, 0.4) is 0 Å². The van der Waals surface area contributed by atoms with Gasteiger partial charge in [0.1, 0.15) is 11.6 Å². The maximum absolute atomic E-state index is 5.46. The van der Waals surface area contributed by atoms with Crippen LogP contribution in [0.15, 0.2) is 25.0 Å². The van der Waals surface area contributed by atoms with Crippen molar-refractivity contribution >= 4 is 11.6 Å². The molecule has 0 saturated heterocycles. The number of aromatic nitrogens is 2. The van der Waals surface area contributed by atoms with Gasteiger partial charge in [0.15, 0.2) is 0 Å². The summed E-state index contributed by atoms with van der Waals surface area (Å²) in [5, 5.41) is 0. The SMILES string of the molecule is C=CCN(CCC)c1cnc(N)cn1. The van der Waals surface area contributed by atoms with Crippen LogP contribution in [-0.2, 0) is 0 Å². The Morgan fingerprint density at radius 3 is 2.79 bits per heavy atom. The number of hydrogen-bond acceptors (Lipinski definition) is 4. The fourth-order valence-electron chi connectivity index (χ4n) is 1.22. The molecular formula is C10H16N4. The Bertz CT molecular complexity index is 281. The minimum atomic E-state index is 0.448. The Morgan fingerprint density at radius 2 is 2.29 bits per heavy atom. The molecule has 0 fully saturated rings. The van der Waals surface area contributed by atoms with Crippen LogP contribution in [0.1, 0.15) is 13.3 Å². The van der Waals surface area contributed by atoms with Gasteiger partial charge in [0.25, 0.3) is 0 Å². The molecule has 76 valence electrons. The van der Waals surface area contributed by atoms with E-state index in [1.807, 2.05) is 6.08 Å².